The molecule has 5 heteroatoms. The molecule has 0 saturated heterocycles. The molecular formula is C14H18BrF2NO. The lowest BCUT2D eigenvalue weighted by atomic mass is 9.74. The summed E-state index contributed by atoms with van der Waals surface area (Å²) >= 11 is 3.10. The zero-order valence-electron chi connectivity index (χ0n) is 11.1. The molecule has 0 spiro atoms. The van der Waals surface area contributed by atoms with Crippen LogP contribution in [0.4, 0.5) is 8.78 Å². The highest BCUT2D eigenvalue weighted by Crippen LogP contribution is 2.42. The van der Waals surface area contributed by atoms with Crippen molar-refractivity contribution in [3.63, 3.8) is 0 Å². The molecule has 19 heavy (non-hydrogen) atoms. The quantitative estimate of drug-likeness (QED) is 0.824. The Hall–Kier alpha value is -0.520. The maximum atomic E-state index is 14.1. The van der Waals surface area contributed by atoms with Crippen molar-refractivity contribution in [3.8, 4) is 0 Å². The molecule has 1 aromatic rings. The van der Waals surface area contributed by atoms with Crippen LogP contribution in [0.25, 0.3) is 0 Å². The molecule has 0 aliphatic heterocycles. The maximum Gasteiger partial charge on any atom is 0.145 e. The summed E-state index contributed by atoms with van der Waals surface area (Å²) in [5.41, 5.74) is -0.158. The van der Waals surface area contributed by atoms with E-state index in [2.05, 4.69) is 21.2 Å². The third-order valence-corrected chi connectivity index (χ3v) is 4.66. The van der Waals surface area contributed by atoms with E-state index in [1.165, 1.54) is 12.1 Å². The van der Waals surface area contributed by atoms with Crippen LogP contribution >= 0.6 is 15.9 Å². The number of hydrogen-bond acceptors (Lipinski definition) is 2. The summed E-state index contributed by atoms with van der Waals surface area (Å²) in [7, 11) is 3.38. The number of hydrogen-bond donors (Lipinski definition) is 1. The summed E-state index contributed by atoms with van der Waals surface area (Å²) < 4.78 is 33.9. The molecule has 106 valence electrons. The number of rotatable bonds is 5. The van der Waals surface area contributed by atoms with Gasteiger partial charge in [-0.05, 0) is 60.8 Å². The van der Waals surface area contributed by atoms with Crippen molar-refractivity contribution in [1.82, 2.24) is 5.32 Å². The fraction of sp³-hybridized carbons (Fsp3) is 0.571. The molecule has 0 radical (unpaired) electrons. The lowest BCUT2D eigenvalue weighted by Gasteiger charge is -2.43. The summed E-state index contributed by atoms with van der Waals surface area (Å²) in [4.78, 5) is 0. The molecule has 1 N–H and O–H groups in total. The SMILES string of the molecule is CNC(CC1(OC)CCC1)c1c(F)ccc(Br)c1F. The third kappa shape index (κ3) is 2.83. The molecule has 0 amide bonds. The van der Waals surface area contributed by atoms with Crippen molar-refractivity contribution in [2.75, 3.05) is 14.2 Å². The van der Waals surface area contributed by atoms with Gasteiger partial charge >= 0.3 is 0 Å². The lowest BCUT2D eigenvalue weighted by molar-refractivity contribution is -0.0837. The molecule has 0 bridgehead atoms. The molecule has 1 aromatic carbocycles. The largest absolute Gasteiger partial charge is 0.378 e. The number of methoxy groups -OCH3 is 1. The van der Waals surface area contributed by atoms with Crippen LogP contribution in [0.15, 0.2) is 16.6 Å². The smallest absolute Gasteiger partial charge is 0.145 e. The average molecular weight is 334 g/mol. The van der Waals surface area contributed by atoms with Crippen molar-refractivity contribution in [3.05, 3.63) is 33.8 Å². The molecule has 1 saturated carbocycles. The second-order valence-electron chi connectivity index (χ2n) is 5.04. The van der Waals surface area contributed by atoms with Crippen molar-refractivity contribution in [1.29, 1.82) is 0 Å². The maximum absolute atomic E-state index is 14.1. The number of ether oxygens (including phenoxy) is 1. The average Bonchev–Trinajstić information content (AvgIpc) is 2.36. The van der Waals surface area contributed by atoms with Crippen LogP contribution in [-0.2, 0) is 4.74 Å². The second-order valence-corrected chi connectivity index (χ2v) is 5.90. The van der Waals surface area contributed by atoms with Crippen LogP contribution in [0.2, 0.25) is 0 Å². The van der Waals surface area contributed by atoms with Crippen molar-refractivity contribution < 1.29 is 13.5 Å². The van der Waals surface area contributed by atoms with Crippen LogP contribution in [0.5, 0.6) is 0 Å². The van der Waals surface area contributed by atoms with Crippen LogP contribution in [0, 0.1) is 11.6 Å². The summed E-state index contributed by atoms with van der Waals surface area (Å²) in [6, 6.07) is 2.28. The van der Waals surface area contributed by atoms with E-state index in [1.807, 2.05) is 0 Å². The van der Waals surface area contributed by atoms with Crippen LogP contribution in [0.3, 0.4) is 0 Å². The van der Waals surface area contributed by atoms with E-state index in [4.69, 9.17) is 4.74 Å². The molecule has 2 rings (SSSR count). The van der Waals surface area contributed by atoms with E-state index in [0.717, 1.165) is 19.3 Å². The van der Waals surface area contributed by atoms with Crippen molar-refractivity contribution >= 4 is 15.9 Å². The topological polar surface area (TPSA) is 21.3 Å². The number of benzene rings is 1. The highest BCUT2D eigenvalue weighted by Gasteiger charge is 2.40. The van der Waals surface area contributed by atoms with Gasteiger partial charge in [0.15, 0.2) is 0 Å². The summed E-state index contributed by atoms with van der Waals surface area (Å²) in [5, 5.41) is 3.00. The third-order valence-electron chi connectivity index (χ3n) is 4.05. The fourth-order valence-electron chi connectivity index (χ4n) is 2.65. The minimum absolute atomic E-state index is 0.0835. The van der Waals surface area contributed by atoms with Crippen LogP contribution in [0.1, 0.15) is 37.3 Å². The summed E-state index contributed by atoms with van der Waals surface area (Å²) in [6.07, 6.45) is 3.57. The normalized spacial score (nSPS) is 19.0. The zero-order valence-corrected chi connectivity index (χ0v) is 12.7. The van der Waals surface area contributed by atoms with Gasteiger partial charge < -0.3 is 10.1 Å². The van der Waals surface area contributed by atoms with Gasteiger partial charge in [-0.2, -0.15) is 0 Å². The van der Waals surface area contributed by atoms with E-state index in [1.54, 1.807) is 14.2 Å². The van der Waals surface area contributed by atoms with E-state index < -0.39 is 17.7 Å². The fourth-order valence-corrected chi connectivity index (χ4v) is 2.99. The first-order valence-electron chi connectivity index (χ1n) is 6.39. The molecule has 2 nitrogen and oxygen atoms in total. The Bertz CT molecular complexity index is 457. The minimum Gasteiger partial charge on any atom is -0.378 e. The molecule has 1 aliphatic carbocycles. The monoisotopic (exact) mass is 333 g/mol. The first kappa shape index (κ1) is 14.9. The van der Waals surface area contributed by atoms with E-state index in [0.29, 0.717) is 6.42 Å². The first-order valence-corrected chi connectivity index (χ1v) is 7.18. The minimum atomic E-state index is -0.537. The van der Waals surface area contributed by atoms with Gasteiger partial charge in [-0.25, -0.2) is 8.78 Å². The lowest BCUT2D eigenvalue weighted by Crippen LogP contribution is -2.42. The Labute approximate surface area is 120 Å². The second kappa shape index (κ2) is 5.85. The Balaban J connectivity index is 2.29. The predicted molar refractivity (Wildman–Crippen MR) is 74.1 cm³/mol. The Morgan fingerprint density at radius 1 is 1.42 bits per heavy atom. The molecule has 0 aromatic heterocycles. The molecule has 1 atom stereocenters. The van der Waals surface area contributed by atoms with Crippen LogP contribution < -0.4 is 5.32 Å². The summed E-state index contributed by atoms with van der Waals surface area (Å²) in [5.74, 6) is -1.06. The highest BCUT2D eigenvalue weighted by molar-refractivity contribution is 9.10. The van der Waals surface area contributed by atoms with Crippen LogP contribution in [-0.4, -0.2) is 19.8 Å². The van der Waals surface area contributed by atoms with Gasteiger partial charge in [-0.15, -0.1) is 0 Å². The molecular weight excluding hydrogens is 316 g/mol. The van der Waals surface area contributed by atoms with Gasteiger partial charge in [0.25, 0.3) is 0 Å². The van der Waals surface area contributed by atoms with Gasteiger partial charge in [0, 0.05) is 18.7 Å². The zero-order chi connectivity index (χ0) is 14.0. The highest BCUT2D eigenvalue weighted by atomic mass is 79.9. The standard InChI is InChI=1S/C14H18BrF2NO/c1-18-11(8-14(19-2)6-3-7-14)12-10(16)5-4-9(15)13(12)17/h4-5,11,18H,3,6-8H2,1-2H3. The molecule has 1 aliphatic rings. The Kier molecular flexibility index (Phi) is 4.58. The van der Waals surface area contributed by atoms with E-state index >= 15 is 0 Å². The molecule has 0 heterocycles. The van der Waals surface area contributed by atoms with Gasteiger partial charge in [0.05, 0.1) is 10.1 Å². The van der Waals surface area contributed by atoms with Gasteiger partial charge in [0.2, 0.25) is 0 Å². The van der Waals surface area contributed by atoms with E-state index in [-0.39, 0.29) is 15.6 Å². The Morgan fingerprint density at radius 2 is 2.11 bits per heavy atom. The van der Waals surface area contributed by atoms with Gasteiger partial charge in [-0.3, -0.25) is 0 Å². The Morgan fingerprint density at radius 3 is 2.58 bits per heavy atom. The molecule has 1 fully saturated rings. The molecule has 1 unspecified atom stereocenters. The number of halogens is 3. The predicted octanol–water partition coefficient (Wildman–Crippen LogP) is 3.95. The van der Waals surface area contributed by atoms with Gasteiger partial charge in [-0.1, -0.05) is 0 Å². The van der Waals surface area contributed by atoms with Crippen molar-refractivity contribution in [2.45, 2.75) is 37.3 Å². The number of nitrogens with one attached hydrogen (secondary N) is 1. The van der Waals surface area contributed by atoms with E-state index in [9.17, 15) is 8.78 Å². The first-order chi connectivity index (χ1) is 9.03. The van der Waals surface area contributed by atoms with Gasteiger partial charge in [0.1, 0.15) is 11.6 Å². The summed E-state index contributed by atoms with van der Waals surface area (Å²) in [6.45, 7) is 0. The van der Waals surface area contributed by atoms with Crippen molar-refractivity contribution in [2.24, 2.45) is 0 Å².